The predicted molar refractivity (Wildman–Crippen MR) is 83.5 cm³/mol. The van der Waals surface area contributed by atoms with E-state index < -0.39 is 0 Å². The van der Waals surface area contributed by atoms with Crippen LogP contribution in [-0.4, -0.2) is 41.1 Å². The molecule has 5 heteroatoms. The maximum atomic E-state index is 12.4. The summed E-state index contributed by atoms with van der Waals surface area (Å²) in [5.74, 6) is 0.679. The second-order valence-corrected chi connectivity index (χ2v) is 6.91. The second kappa shape index (κ2) is 6.29. The third-order valence-electron chi connectivity index (χ3n) is 4.98. The number of carbonyl (C=O) groups is 1. The lowest BCUT2D eigenvalue weighted by molar-refractivity contribution is -0.134. The maximum Gasteiger partial charge on any atom is 0.225 e. The van der Waals surface area contributed by atoms with Crippen LogP contribution in [0.1, 0.15) is 51.4 Å². The number of amides is 1. The van der Waals surface area contributed by atoms with Crippen molar-refractivity contribution in [3.8, 4) is 0 Å². The van der Waals surface area contributed by atoms with Gasteiger partial charge < -0.3 is 15.5 Å². The molecule has 1 atom stereocenters. The minimum atomic E-state index is 0.300. The summed E-state index contributed by atoms with van der Waals surface area (Å²) >= 11 is 5.35. The molecule has 4 nitrogen and oxygen atoms in total. The molecule has 0 radical (unpaired) electrons. The van der Waals surface area contributed by atoms with Crippen LogP contribution in [0.4, 0.5) is 0 Å². The highest BCUT2D eigenvalue weighted by atomic mass is 32.1. The Morgan fingerprint density at radius 3 is 2.30 bits per heavy atom. The first-order chi connectivity index (χ1) is 9.72. The molecule has 1 heterocycles. The van der Waals surface area contributed by atoms with Gasteiger partial charge in [0.05, 0.1) is 0 Å². The van der Waals surface area contributed by atoms with Gasteiger partial charge in [-0.05, 0) is 50.7 Å². The van der Waals surface area contributed by atoms with E-state index in [1.165, 1.54) is 32.1 Å². The second-order valence-electron chi connectivity index (χ2n) is 6.50. The summed E-state index contributed by atoms with van der Waals surface area (Å²) in [5.41, 5.74) is 0. The third kappa shape index (κ3) is 3.25. The van der Waals surface area contributed by atoms with Crippen molar-refractivity contribution in [3.05, 3.63) is 0 Å². The molecule has 0 spiro atoms. The smallest absolute Gasteiger partial charge is 0.225 e. The van der Waals surface area contributed by atoms with Crippen LogP contribution in [0.3, 0.4) is 0 Å². The number of hydrogen-bond donors (Lipinski definition) is 2. The number of nitrogens with one attached hydrogen (secondary N) is 2. The number of likely N-dealkylation sites (tertiary alicyclic amines) is 1. The number of nitrogens with zero attached hydrogens (tertiary/aromatic N) is 1. The minimum Gasteiger partial charge on any atom is -0.360 e. The van der Waals surface area contributed by atoms with Crippen molar-refractivity contribution in [2.75, 3.05) is 13.1 Å². The Morgan fingerprint density at radius 1 is 0.950 bits per heavy atom. The van der Waals surface area contributed by atoms with Crippen LogP contribution in [-0.2, 0) is 4.79 Å². The fourth-order valence-corrected chi connectivity index (χ4v) is 3.81. The van der Waals surface area contributed by atoms with Gasteiger partial charge in [-0.1, -0.05) is 12.8 Å². The van der Waals surface area contributed by atoms with E-state index in [9.17, 15) is 4.79 Å². The molecule has 1 amide bonds. The maximum absolute atomic E-state index is 12.4. The van der Waals surface area contributed by atoms with Crippen LogP contribution in [0, 0.1) is 5.92 Å². The third-order valence-corrected chi connectivity index (χ3v) is 5.22. The Kier molecular flexibility index (Phi) is 4.44. The highest BCUT2D eigenvalue weighted by molar-refractivity contribution is 7.80. The molecule has 2 N–H and O–H groups in total. The van der Waals surface area contributed by atoms with E-state index >= 15 is 0 Å². The van der Waals surface area contributed by atoms with E-state index in [0.29, 0.717) is 23.9 Å². The van der Waals surface area contributed by atoms with Gasteiger partial charge in [-0.15, -0.1) is 0 Å². The number of hydrogen-bond acceptors (Lipinski definition) is 2. The lowest BCUT2D eigenvalue weighted by atomic mass is 9.93. The quantitative estimate of drug-likeness (QED) is 0.779. The van der Waals surface area contributed by atoms with E-state index in [1.54, 1.807) is 0 Å². The Labute approximate surface area is 126 Å². The summed E-state index contributed by atoms with van der Waals surface area (Å²) in [5, 5.41) is 7.51. The number of rotatable bonds is 3. The van der Waals surface area contributed by atoms with Crippen LogP contribution >= 0.6 is 12.2 Å². The molecule has 112 valence electrons. The van der Waals surface area contributed by atoms with Gasteiger partial charge in [0.25, 0.3) is 0 Å². The Balaban J connectivity index is 1.41. The first kappa shape index (κ1) is 14.1. The van der Waals surface area contributed by atoms with E-state index in [1.807, 2.05) is 4.90 Å². The molecule has 1 saturated heterocycles. The molecule has 0 aromatic rings. The molecule has 0 aromatic carbocycles. The van der Waals surface area contributed by atoms with Crippen LogP contribution in [0.2, 0.25) is 0 Å². The monoisotopic (exact) mass is 295 g/mol. The lowest BCUT2D eigenvalue weighted by Gasteiger charge is -2.29. The summed E-state index contributed by atoms with van der Waals surface area (Å²) in [4.78, 5) is 14.4. The standard InChI is InChI=1S/C15H25N3OS/c19-14(11-4-1-2-5-11)18-9-8-13(10-18)17-15(20)16-12-6-3-7-12/h11-13H,1-10H2,(H2,16,17,20). The number of thiocarbonyl (C=S) groups is 1. The molecular weight excluding hydrogens is 270 g/mol. The summed E-state index contributed by atoms with van der Waals surface area (Å²) in [6, 6.07) is 0.910. The average molecular weight is 295 g/mol. The van der Waals surface area contributed by atoms with E-state index in [-0.39, 0.29) is 0 Å². The Bertz CT molecular complexity index is 377. The first-order valence-electron chi connectivity index (χ1n) is 8.08. The Morgan fingerprint density at radius 2 is 1.65 bits per heavy atom. The molecule has 3 aliphatic rings. The largest absolute Gasteiger partial charge is 0.360 e. The SMILES string of the molecule is O=C(C1CCCC1)N1CCC(NC(=S)NC2CCC2)C1. The molecule has 3 fully saturated rings. The molecule has 20 heavy (non-hydrogen) atoms. The van der Waals surface area contributed by atoms with Crippen LogP contribution in [0.25, 0.3) is 0 Å². The van der Waals surface area contributed by atoms with Gasteiger partial charge >= 0.3 is 0 Å². The molecule has 1 unspecified atom stereocenters. The molecule has 3 rings (SSSR count). The topological polar surface area (TPSA) is 44.4 Å². The molecule has 2 aliphatic carbocycles. The van der Waals surface area contributed by atoms with Gasteiger partial charge in [0.1, 0.15) is 0 Å². The van der Waals surface area contributed by atoms with Gasteiger partial charge in [0.15, 0.2) is 5.11 Å². The summed E-state index contributed by atoms with van der Waals surface area (Å²) < 4.78 is 0. The van der Waals surface area contributed by atoms with Crippen LogP contribution < -0.4 is 10.6 Å². The van der Waals surface area contributed by atoms with Crippen molar-refractivity contribution >= 4 is 23.2 Å². The van der Waals surface area contributed by atoms with Gasteiger partial charge in [-0.2, -0.15) is 0 Å². The van der Waals surface area contributed by atoms with Gasteiger partial charge in [-0.3, -0.25) is 4.79 Å². The summed E-state index contributed by atoms with van der Waals surface area (Å²) in [7, 11) is 0. The highest BCUT2D eigenvalue weighted by Gasteiger charge is 2.32. The summed E-state index contributed by atoms with van der Waals surface area (Å²) in [6.07, 6.45) is 9.43. The Hall–Kier alpha value is -0.840. The van der Waals surface area contributed by atoms with Crippen molar-refractivity contribution in [2.24, 2.45) is 5.92 Å². The van der Waals surface area contributed by atoms with E-state index in [4.69, 9.17) is 12.2 Å². The zero-order valence-corrected chi connectivity index (χ0v) is 12.9. The normalized spacial score (nSPS) is 27.4. The lowest BCUT2D eigenvalue weighted by Crippen LogP contribution is -2.49. The van der Waals surface area contributed by atoms with Crippen molar-refractivity contribution in [2.45, 2.75) is 63.5 Å². The molecule has 0 aromatic heterocycles. The fraction of sp³-hybridized carbons (Fsp3) is 0.867. The average Bonchev–Trinajstić information content (AvgIpc) is 3.04. The van der Waals surface area contributed by atoms with Crippen LogP contribution in [0.5, 0.6) is 0 Å². The fourth-order valence-electron chi connectivity index (χ4n) is 3.47. The van der Waals surface area contributed by atoms with Crippen molar-refractivity contribution in [3.63, 3.8) is 0 Å². The van der Waals surface area contributed by atoms with E-state index in [2.05, 4.69) is 10.6 Å². The van der Waals surface area contributed by atoms with Crippen LogP contribution in [0.15, 0.2) is 0 Å². The van der Waals surface area contributed by atoms with E-state index in [0.717, 1.165) is 37.5 Å². The zero-order chi connectivity index (χ0) is 13.9. The molecule has 1 aliphatic heterocycles. The van der Waals surface area contributed by atoms with Crippen molar-refractivity contribution in [1.82, 2.24) is 15.5 Å². The summed E-state index contributed by atoms with van der Waals surface area (Å²) in [6.45, 7) is 1.71. The van der Waals surface area contributed by atoms with Gasteiger partial charge in [0, 0.05) is 31.1 Å². The van der Waals surface area contributed by atoms with Crippen molar-refractivity contribution < 1.29 is 4.79 Å². The van der Waals surface area contributed by atoms with Gasteiger partial charge in [0.2, 0.25) is 5.91 Å². The van der Waals surface area contributed by atoms with Gasteiger partial charge in [-0.25, -0.2) is 0 Å². The molecule has 2 saturated carbocycles. The first-order valence-corrected chi connectivity index (χ1v) is 8.49. The molecule has 0 bridgehead atoms. The minimum absolute atomic E-state index is 0.300. The number of carbonyl (C=O) groups excluding carboxylic acids is 1. The predicted octanol–water partition coefficient (Wildman–Crippen LogP) is 1.79. The highest BCUT2D eigenvalue weighted by Crippen LogP contribution is 2.27. The molecular formula is C15H25N3OS. The van der Waals surface area contributed by atoms with Crippen molar-refractivity contribution in [1.29, 1.82) is 0 Å². The zero-order valence-electron chi connectivity index (χ0n) is 12.1.